The third kappa shape index (κ3) is 1.76. The molecule has 0 saturated heterocycles. The van der Waals surface area contributed by atoms with E-state index in [9.17, 15) is 8.78 Å². The Labute approximate surface area is 88.5 Å². The van der Waals surface area contributed by atoms with Crippen molar-refractivity contribution < 1.29 is 8.78 Å². The highest BCUT2D eigenvalue weighted by atomic mass is 19.2. The summed E-state index contributed by atoms with van der Waals surface area (Å²) >= 11 is 0. The molecule has 1 aromatic rings. The van der Waals surface area contributed by atoms with Gasteiger partial charge in [-0.3, -0.25) is 0 Å². The summed E-state index contributed by atoms with van der Waals surface area (Å²) in [6.07, 6.45) is 2.13. The van der Waals surface area contributed by atoms with Gasteiger partial charge in [0.05, 0.1) is 0 Å². The number of hydrogen-bond donors (Lipinski definition) is 1. The molecule has 1 aromatic carbocycles. The molecule has 2 rings (SSSR count). The Kier molecular flexibility index (Phi) is 2.51. The lowest BCUT2D eigenvalue weighted by Crippen LogP contribution is -2.25. The van der Waals surface area contributed by atoms with Gasteiger partial charge >= 0.3 is 0 Å². The molecule has 1 unspecified atom stereocenters. The van der Waals surface area contributed by atoms with Crippen molar-refractivity contribution in [1.29, 1.82) is 0 Å². The Morgan fingerprint density at radius 2 is 2.00 bits per heavy atom. The molecule has 1 atom stereocenters. The molecule has 1 aliphatic rings. The van der Waals surface area contributed by atoms with Crippen LogP contribution in [0.1, 0.15) is 31.4 Å². The van der Waals surface area contributed by atoms with E-state index in [1.165, 1.54) is 0 Å². The Hall–Kier alpha value is -0.960. The zero-order valence-corrected chi connectivity index (χ0v) is 8.98. The van der Waals surface area contributed by atoms with E-state index in [-0.39, 0.29) is 11.5 Å². The van der Waals surface area contributed by atoms with E-state index in [4.69, 9.17) is 0 Å². The summed E-state index contributed by atoms with van der Waals surface area (Å²) in [5.41, 5.74) is 0.529. The highest BCUT2D eigenvalue weighted by Crippen LogP contribution is 2.54. The topological polar surface area (TPSA) is 12.0 Å². The minimum atomic E-state index is -0.767. The second-order valence-electron chi connectivity index (χ2n) is 4.52. The van der Waals surface area contributed by atoms with Crippen LogP contribution in [0.3, 0.4) is 0 Å². The van der Waals surface area contributed by atoms with Crippen LogP contribution in [0.4, 0.5) is 8.78 Å². The number of rotatable bonds is 3. The molecule has 0 bridgehead atoms. The van der Waals surface area contributed by atoms with Crippen molar-refractivity contribution in [2.45, 2.75) is 25.8 Å². The quantitative estimate of drug-likeness (QED) is 0.810. The Morgan fingerprint density at radius 1 is 1.33 bits per heavy atom. The first kappa shape index (κ1) is 10.6. The van der Waals surface area contributed by atoms with Crippen LogP contribution in [0, 0.1) is 17.0 Å². The van der Waals surface area contributed by atoms with Crippen LogP contribution < -0.4 is 5.32 Å². The highest BCUT2D eigenvalue weighted by molar-refractivity contribution is 5.26. The average molecular weight is 211 g/mol. The standard InChI is InChI=1S/C12H15F2N/c1-12(6-7-12)11(15-2)8-4-3-5-9(13)10(8)14/h3-5,11,15H,6-7H2,1-2H3. The third-order valence-electron chi connectivity index (χ3n) is 3.32. The van der Waals surface area contributed by atoms with Crippen molar-refractivity contribution in [3.8, 4) is 0 Å². The van der Waals surface area contributed by atoms with E-state index in [0.717, 1.165) is 18.9 Å². The summed E-state index contributed by atoms with van der Waals surface area (Å²) in [6.45, 7) is 2.10. The van der Waals surface area contributed by atoms with E-state index >= 15 is 0 Å². The molecule has 1 fully saturated rings. The molecule has 15 heavy (non-hydrogen) atoms. The fourth-order valence-corrected chi connectivity index (χ4v) is 2.11. The first-order valence-electron chi connectivity index (χ1n) is 5.20. The van der Waals surface area contributed by atoms with Gasteiger partial charge in [-0.1, -0.05) is 19.1 Å². The Morgan fingerprint density at radius 3 is 2.53 bits per heavy atom. The second kappa shape index (κ2) is 3.56. The maximum atomic E-state index is 13.6. The second-order valence-corrected chi connectivity index (χ2v) is 4.52. The maximum absolute atomic E-state index is 13.6. The molecule has 0 amide bonds. The van der Waals surface area contributed by atoms with Gasteiger partial charge in [-0.25, -0.2) is 8.78 Å². The van der Waals surface area contributed by atoms with Gasteiger partial charge in [0.15, 0.2) is 11.6 Å². The van der Waals surface area contributed by atoms with Gasteiger partial charge in [-0.05, 0) is 31.4 Å². The number of hydrogen-bond acceptors (Lipinski definition) is 1. The van der Waals surface area contributed by atoms with Crippen LogP contribution in [0.5, 0.6) is 0 Å². The summed E-state index contributed by atoms with van der Waals surface area (Å²) < 4.78 is 26.7. The van der Waals surface area contributed by atoms with Crippen molar-refractivity contribution in [2.75, 3.05) is 7.05 Å². The molecule has 1 N–H and O–H groups in total. The molecular formula is C12H15F2N. The van der Waals surface area contributed by atoms with E-state index in [1.54, 1.807) is 19.2 Å². The van der Waals surface area contributed by atoms with Crippen LogP contribution >= 0.6 is 0 Å². The van der Waals surface area contributed by atoms with E-state index in [1.807, 2.05) is 0 Å². The molecular weight excluding hydrogens is 196 g/mol. The zero-order valence-electron chi connectivity index (χ0n) is 8.98. The first-order chi connectivity index (χ1) is 7.08. The van der Waals surface area contributed by atoms with Crippen LogP contribution in [-0.4, -0.2) is 7.05 Å². The summed E-state index contributed by atoms with van der Waals surface area (Å²) in [5, 5.41) is 3.08. The fraction of sp³-hybridized carbons (Fsp3) is 0.500. The van der Waals surface area contributed by atoms with Gasteiger partial charge in [0.2, 0.25) is 0 Å². The van der Waals surface area contributed by atoms with Crippen molar-refractivity contribution in [3.63, 3.8) is 0 Å². The molecule has 1 saturated carbocycles. The molecule has 1 nitrogen and oxygen atoms in total. The van der Waals surface area contributed by atoms with Crippen LogP contribution in [0.15, 0.2) is 18.2 Å². The number of nitrogens with one attached hydrogen (secondary N) is 1. The molecule has 3 heteroatoms. The highest BCUT2D eigenvalue weighted by Gasteiger charge is 2.45. The van der Waals surface area contributed by atoms with Crippen molar-refractivity contribution in [3.05, 3.63) is 35.4 Å². The summed E-state index contributed by atoms with van der Waals surface area (Å²) in [6, 6.07) is 4.28. The molecule has 0 aliphatic heterocycles. The predicted molar refractivity (Wildman–Crippen MR) is 55.5 cm³/mol. The molecule has 0 radical (unpaired) electrons. The average Bonchev–Trinajstić information content (AvgIpc) is 2.93. The monoisotopic (exact) mass is 211 g/mol. The smallest absolute Gasteiger partial charge is 0.163 e. The SMILES string of the molecule is CNC(c1cccc(F)c1F)C1(C)CC1. The van der Waals surface area contributed by atoms with Gasteiger partial charge in [-0.15, -0.1) is 0 Å². The Balaban J connectivity index is 2.38. The van der Waals surface area contributed by atoms with Crippen molar-refractivity contribution >= 4 is 0 Å². The lowest BCUT2D eigenvalue weighted by atomic mass is 9.91. The normalized spacial score (nSPS) is 20.0. The lowest BCUT2D eigenvalue weighted by molar-refractivity contribution is 0.369. The van der Waals surface area contributed by atoms with Crippen LogP contribution in [-0.2, 0) is 0 Å². The summed E-state index contributed by atoms with van der Waals surface area (Å²) in [4.78, 5) is 0. The maximum Gasteiger partial charge on any atom is 0.163 e. The molecule has 82 valence electrons. The largest absolute Gasteiger partial charge is 0.312 e. The van der Waals surface area contributed by atoms with E-state index in [0.29, 0.717) is 5.56 Å². The van der Waals surface area contributed by atoms with Gasteiger partial charge in [0, 0.05) is 11.6 Å². The first-order valence-corrected chi connectivity index (χ1v) is 5.20. The predicted octanol–water partition coefficient (Wildman–Crippen LogP) is 3.03. The van der Waals surface area contributed by atoms with Crippen molar-refractivity contribution in [2.24, 2.45) is 5.41 Å². The molecule has 0 heterocycles. The van der Waals surface area contributed by atoms with Gasteiger partial charge < -0.3 is 5.32 Å². The Bertz CT molecular complexity index is 372. The van der Waals surface area contributed by atoms with Gasteiger partial charge in [0.25, 0.3) is 0 Å². The van der Waals surface area contributed by atoms with Crippen molar-refractivity contribution in [1.82, 2.24) is 5.32 Å². The number of halogens is 2. The third-order valence-corrected chi connectivity index (χ3v) is 3.32. The van der Waals surface area contributed by atoms with E-state index < -0.39 is 11.6 Å². The number of benzene rings is 1. The van der Waals surface area contributed by atoms with Gasteiger partial charge in [-0.2, -0.15) is 0 Å². The summed E-state index contributed by atoms with van der Waals surface area (Å²) in [7, 11) is 1.79. The minimum Gasteiger partial charge on any atom is -0.312 e. The summed E-state index contributed by atoms with van der Waals surface area (Å²) in [5.74, 6) is -1.48. The minimum absolute atomic E-state index is 0.0867. The van der Waals surface area contributed by atoms with E-state index in [2.05, 4.69) is 12.2 Å². The fourth-order valence-electron chi connectivity index (χ4n) is 2.11. The molecule has 1 aliphatic carbocycles. The van der Waals surface area contributed by atoms with Crippen LogP contribution in [0.25, 0.3) is 0 Å². The molecule has 0 spiro atoms. The van der Waals surface area contributed by atoms with Crippen LogP contribution in [0.2, 0.25) is 0 Å². The molecule has 0 aromatic heterocycles. The van der Waals surface area contributed by atoms with Gasteiger partial charge in [0.1, 0.15) is 0 Å². The lowest BCUT2D eigenvalue weighted by Gasteiger charge is -2.24. The zero-order chi connectivity index (χ0) is 11.1.